The number of aliphatic hydroxyl groups is 1. The summed E-state index contributed by atoms with van der Waals surface area (Å²) in [5.41, 5.74) is 7.32. The van der Waals surface area contributed by atoms with Gasteiger partial charge in [0.15, 0.2) is 0 Å². The molecule has 0 aromatic heterocycles. The van der Waals surface area contributed by atoms with Crippen LogP contribution in [0.25, 0.3) is 0 Å². The van der Waals surface area contributed by atoms with Crippen molar-refractivity contribution in [3.05, 3.63) is 35.9 Å². The van der Waals surface area contributed by atoms with Gasteiger partial charge in [-0.05, 0) is 31.2 Å². The molecule has 0 saturated heterocycles. The molecule has 1 aromatic carbocycles. The van der Waals surface area contributed by atoms with Crippen molar-refractivity contribution >= 4 is 0 Å². The average Bonchev–Trinajstić information content (AvgIpc) is 2.47. The Morgan fingerprint density at radius 2 is 1.40 bits per heavy atom. The Kier molecular flexibility index (Phi) is 10.3. The molecule has 0 aliphatic carbocycles. The van der Waals surface area contributed by atoms with Crippen LogP contribution in [-0.2, 0) is 6.42 Å². The van der Waals surface area contributed by atoms with Crippen LogP contribution < -0.4 is 5.73 Å². The highest BCUT2D eigenvalue weighted by atomic mass is 16.3. The van der Waals surface area contributed by atoms with Crippen molar-refractivity contribution in [2.75, 3.05) is 6.61 Å². The minimum absolute atomic E-state index is 0.200. The molecule has 0 fully saturated rings. The second kappa shape index (κ2) is 11.9. The molecule has 2 nitrogen and oxygen atoms in total. The fourth-order valence-electron chi connectivity index (χ4n) is 2.57. The van der Waals surface area contributed by atoms with Gasteiger partial charge in [-0.15, -0.1) is 0 Å². The summed E-state index contributed by atoms with van der Waals surface area (Å²) in [5, 5.41) is 8.76. The maximum Gasteiger partial charge on any atom is 0.0445 e. The van der Waals surface area contributed by atoms with E-state index in [0.29, 0.717) is 0 Å². The van der Waals surface area contributed by atoms with Crippen molar-refractivity contribution in [1.82, 2.24) is 0 Å². The molecular weight excluding hydrogens is 246 g/mol. The molecule has 2 heteroatoms. The fourth-order valence-corrected chi connectivity index (χ4v) is 2.57. The number of benzene rings is 1. The lowest BCUT2D eigenvalue weighted by molar-refractivity contribution is 0.271. The topological polar surface area (TPSA) is 46.2 Å². The zero-order valence-electron chi connectivity index (χ0n) is 12.8. The molecule has 0 heterocycles. The number of unbranched alkanes of at least 4 members (excludes halogenated alkanes) is 6. The average molecular weight is 277 g/mol. The van der Waals surface area contributed by atoms with E-state index in [1.165, 1.54) is 56.9 Å². The number of aliphatic hydroxyl groups excluding tert-OH is 1. The number of hydrogen-bond acceptors (Lipinski definition) is 2. The van der Waals surface area contributed by atoms with Crippen molar-refractivity contribution in [2.24, 2.45) is 5.73 Å². The van der Waals surface area contributed by atoms with Gasteiger partial charge in [-0.2, -0.15) is 0 Å². The molecule has 1 atom stereocenters. The Bertz CT molecular complexity index is 312. The van der Waals surface area contributed by atoms with Crippen molar-refractivity contribution < 1.29 is 5.11 Å². The zero-order chi connectivity index (χ0) is 14.5. The lowest BCUT2D eigenvalue weighted by Crippen LogP contribution is -2.20. The highest BCUT2D eigenvalue weighted by Gasteiger charge is 2.00. The van der Waals surface area contributed by atoms with Gasteiger partial charge < -0.3 is 10.8 Å². The number of hydrogen-bond donors (Lipinski definition) is 2. The number of nitrogens with two attached hydrogens (primary N) is 1. The van der Waals surface area contributed by atoms with Crippen LogP contribution in [0.3, 0.4) is 0 Å². The van der Waals surface area contributed by atoms with Gasteiger partial charge in [0, 0.05) is 12.6 Å². The molecule has 0 amide bonds. The molecule has 3 N–H and O–H groups in total. The van der Waals surface area contributed by atoms with Gasteiger partial charge in [0.1, 0.15) is 0 Å². The van der Waals surface area contributed by atoms with Crippen LogP contribution in [0.2, 0.25) is 0 Å². The predicted molar refractivity (Wildman–Crippen MR) is 86.8 cm³/mol. The molecule has 0 aliphatic rings. The first-order chi connectivity index (χ1) is 9.83. The van der Waals surface area contributed by atoms with Crippen LogP contribution in [0.5, 0.6) is 0 Å². The summed E-state index contributed by atoms with van der Waals surface area (Å²) in [5.74, 6) is 0. The van der Waals surface area contributed by atoms with E-state index in [2.05, 4.69) is 30.3 Å². The Morgan fingerprint density at radius 3 is 2.05 bits per heavy atom. The van der Waals surface area contributed by atoms with Gasteiger partial charge in [-0.3, -0.25) is 0 Å². The summed E-state index contributed by atoms with van der Waals surface area (Å²) in [7, 11) is 0. The number of rotatable bonds is 12. The van der Waals surface area contributed by atoms with E-state index in [1.54, 1.807) is 0 Å². The third-order valence-electron chi connectivity index (χ3n) is 3.88. The minimum atomic E-state index is 0.200. The molecule has 0 spiro atoms. The molecule has 0 unspecified atom stereocenters. The molecule has 114 valence electrons. The van der Waals surface area contributed by atoms with Crippen LogP contribution in [0.1, 0.15) is 63.4 Å². The summed E-state index contributed by atoms with van der Waals surface area (Å²) in [6.07, 6.45) is 12.2. The highest BCUT2D eigenvalue weighted by Crippen LogP contribution is 2.12. The molecule has 0 aliphatic heterocycles. The second-order valence-electron chi connectivity index (χ2n) is 5.77. The summed E-state index contributed by atoms with van der Waals surface area (Å²) in [6.45, 7) is 0.225. The molecular formula is C18H31NO. The second-order valence-corrected chi connectivity index (χ2v) is 5.77. The first kappa shape index (κ1) is 17.2. The fraction of sp³-hybridized carbons (Fsp3) is 0.667. The molecule has 0 bridgehead atoms. The summed E-state index contributed by atoms with van der Waals surface area (Å²) in [4.78, 5) is 0. The maximum atomic E-state index is 8.76. The number of aryl methyl sites for hydroxylation is 1. The molecule has 0 saturated carbocycles. The van der Waals surface area contributed by atoms with E-state index < -0.39 is 0 Å². The Balaban J connectivity index is 1.83. The van der Waals surface area contributed by atoms with E-state index in [1.807, 2.05) is 0 Å². The third-order valence-corrected chi connectivity index (χ3v) is 3.88. The SMILES string of the molecule is N[C@H](CCO)CCCCCCCCCc1ccccc1. The van der Waals surface area contributed by atoms with Crippen molar-refractivity contribution in [1.29, 1.82) is 0 Å². The largest absolute Gasteiger partial charge is 0.396 e. The van der Waals surface area contributed by atoms with Crippen molar-refractivity contribution in [2.45, 2.75) is 70.3 Å². The Hall–Kier alpha value is -0.860. The smallest absolute Gasteiger partial charge is 0.0445 e. The summed E-state index contributed by atoms with van der Waals surface area (Å²) < 4.78 is 0. The maximum absolute atomic E-state index is 8.76. The van der Waals surface area contributed by atoms with Crippen molar-refractivity contribution in [3.8, 4) is 0 Å². The Labute approximate surface area is 124 Å². The van der Waals surface area contributed by atoms with Crippen LogP contribution in [-0.4, -0.2) is 17.8 Å². The zero-order valence-corrected chi connectivity index (χ0v) is 12.8. The third kappa shape index (κ3) is 9.11. The van der Waals surface area contributed by atoms with Crippen molar-refractivity contribution in [3.63, 3.8) is 0 Å². The quantitative estimate of drug-likeness (QED) is 0.566. The van der Waals surface area contributed by atoms with Crippen LogP contribution >= 0.6 is 0 Å². The standard InChI is InChI=1S/C18H31NO/c19-18(15-16-20)14-10-5-3-1-2-4-7-11-17-12-8-6-9-13-17/h6,8-9,12-13,18,20H,1-5,7,10-11,14-16,19H2/t18-/m0/s1. The Morgan fingerprint density at radius 1 is 0.800 bits per heavy atom. The molecule has 20 heavy (non-hydrogen) atoms. The monoisotopic (exact) mass is 277 g/mol. The summed E-state index contributed by atoms with van der Waals surface area (Å²) >= 11 is 0. The van der Waals surface area contributed by atoms with E-state index in [9.17, 15) is 0 Å². The van der Waals surface area contributed by atoms with Crippen LogP contribution in [0, 0.1) is 0 Å². The predicted octanol–water partition coefficient (Wildman–Crippen LogP) is 4.06. The first-order valence-corrected chi connectivity index (χ1v) is 8.23. The van der Waals surface area contributed by atoms with Gasteiger partial charge in [0.25, 0.3) is 0 Å². The van der Waals surface area contributed by atoms with Gasteiger partial charge in [0.05, 0.1) is 0 Å². The van der Waals surface area contributed by atoms with Gasteiger partial charge in [-0.1, -0.05) is 68.9 Å². The first-order valence-electron chi connectivity index (χ1n) is 8.23. The van der Waals surface area contributed by atoms with Gasteiger partial charge in [-0.25, -0.2) is 0 Å². The summed E-state index contributed by atoms with van der Waals surface area (Å²) in [6, 6.07) is 11.0. The lowest BCUT2D eigenvalue weighted by Gasteiger charge is -2.09. The van der Waals surface area contributed by atoms with E-state index in [4.69, 9.17) is 10.8 Å². The van der Waals surface area contributed by atoms with Gasteiger partial charge in [0.2, 0.25) is 0 Å². The van der Waals surface area contributed by atoms with E-state index in [-0.39, 0.29) is 12.6 Å². The van der Waals surface area contributed by atoms with Gasteiger partial charge >= 0.3 is 0 Å². The van der Waals surface area contributed by atoms with E-state index >= 15 is 0 Å². The van der Waals surface area contributed by atoms with Crippen LogP contribution in [0.4, 0.5) is 0 Å². The van der Waals surface area contributed by atoms with E-state index in [0.717, 1.165) is 12.8 Å². The minimum Gasteiger partial charge on any atom is -0.396 e. The highest BCUT2D eigenvalue weighted by molar-refractivity contribution is 5.14. The normalized spacial score (nSPS) is 12.5. The van der Waals surface area contributed by atoms with Crippen LogP contribution in [0.15, 0.2) is 30.3 Å². The molecule has 1 aromatic rings. The molecule has 0 radical (unpaired) electrons. The molecule has 1 rings (SSSR count). The lowest BCUT2D eigenvalue weighted by atomic mass is 10.0.